The molecule has 5 nitrogen and oxygen atoms in total. The second-order valence-electron chi connectivity index (χ2n) is 7.71. The Hall–Kier alpha value is -2.34. The van der Waals surface area contributed by atoms with Gasteiger partial charge in [-0.25, -0.2) is 0 Å². The Balaban J connectivity index is 1.73. The van der Waals surface area contributed by atoms with Crippen molar-refractivity contribution < 1.29 is 14.3 Å². The van der Waals surface area contributed by atoms with Crippen LogP contribution in [0.15, 0.2) is 46.9 Å². The molecule has 0 aromatic heterocycles. The van der Waals surface area contributed by atoms with Gasteiger partial charge in [-0.15, -0.1) is 0 Å². The van der Waals surface area contributed by atoms with Crippen LogP contribution in [0.3, 0.4) is 0 Å². The number of amides is 2. The van der Waals surface area contributed by atoms with Gasteiger partial charge in [-0.3, -0.25) is 9.59 Å². The van der Waals surface area contributed by atoms with Crippen LogP contribution in [0.2, 0.25) is 0 Å². The minimum absolute atomic E-state index is 0.0127. The Bertz CT molecular complexity index is 876. The Morgan fingerprint density at radius 3 is 2.62 bits per heavy atom. The lowest BCUT2D eigenvalue weighted by Crippen LogP contribution is -2.27. The Morgan fingerprint density at radius 1 is 1.14 bits per heavy atom. The molecule has 154 valence electrons. The highest BCUT2D eigenvalue weighted by molar-refractivity contribution is 9.10. The molecule has 0 aliphatic carbocycles. The van der Waals surface area contributed by atoms with E-state index in [9.17, 15) is 9.59 Å². The molecule has 1 aliphatic heterocycles. The van der Waals surface area contributed by atoms with Crippen molar-refractivity contribution in [2.45, 2.75) is 33.1 Å². The summed E-state index contributed by atoms with van der Waals surface area (Å²) in [4.78, 5) is 27.4. The molecule has 0 radical (unpaired) electrons. The number of likely N-dealkylation sites (tertiary alicyclic amines) is 1. The quantitative estimate of drug-likeness (QED) is 0.606. The lowest BCUT2D eigenvalue weighted by molar-refractivity contribution is 0.0792. The molecule has 2 amide bonds. The zero-order valence-electron chi connectivity index (χ0n) is 16.9. The highest BCUT2D eigenvalue weighted by Crippen LogP contribution is 2.25. The van der Waals surface area contributed by atoms with E-state index in [4.69, 9.17) is 4.74 Å². The van der Waals surface area contributed by atoms with Crippen LogP contribution in [0.25, 0.3) is 0 Å². The van der Waals surface area contributed by atoms with E-state index in [0.717, 1.165) is 36.8 Å². The number of nitrogens with one attached hydrogen (secondary N) is 1. The number of halogens is 1. The van der Waals surface area contributed by atoms with Crippen LogP contribution in [0.1, 0.15) is 53.8 Å². The first-order chi connectivity index (χ1) is 13.9. The van der Waals surface area contributed by atoms with E-state index in [-0.39, 0.29) is 11.8 Å². The molecule has 0 atom stereocenters. The fraction of sp³-hybridized carbons (Fsp3) is 0.391. The summed E-state index contributed by atoms with van der Waals surface area (Å²) in [7, 11) is 0. The number of anilines is 1. The number of hydrogen-bond donors (Lipinski definition) is 1. The van der Waals surface area contributed by atoms with Gasteiger partial charge in [0, 0.05) is 28.8 Å². The number of carbonyl (C=O) groups excluding carboxylic acids is 2. The minimum Gasteiger partial charge on any atom is -0.493 e. The maximum Gasteiger partial charge on any atom is 0.259 e. The lowest BCUT2D eigenvalue weighted by Gasteiger charge is -2.16. The van der Waals surface area contributed by atoms with E-state index in [2.05, 4.69) is 35.1 Å². The highest BCUT2D eigenvalue weighted by atomic mass is 79.9. The van der Waals surface area contributed by atoms with Crippen molar-refractivity contribution in [2.75, 3.05) is 25.0 Å². The summed E-state index contributed by atoms with van der Waals surface area (Å²) in [6.07, 6.45) is 3.01. The van der Waals surface area contributed by atoms with E-state index < -0.39 is 0 Å². The Kier molecular flexibility index (Phi) is 7.31. The molecule has 1 N–H and O–H groups in total. The summed E-state index contributed by atoms with van der Waals surface area (Å²) < 4.78 is 6.65. The molecule has 2 aromatic rings. The van der Waals surface area contributed by atoms with Crippen molar-refractivity contribution in [2.24, 2.45) is 5.92 Å². The van der Waals surface area contributed by atoms with Gasteiger partial charge in [-0.1, -0.05) is 35.8 Å². The smallest absolute Gasteiger partial charge is 0.259 e. The molecule has 1 aliphatic rings. The molecule has 3 rings (SSSR count). The van der Waals surface area contributed by atoms with Crippen molar-refractivity contribution in [3.05, 3.63) is 58.1 Å². The Labute approximate surface area is 180 Å². The Morgan fingerprint density at radius 2 is 1.90 bits per heavy atom. The molecule has 29 heavy (non-hydrogen) atoms. The van der Waals surface area contributed by atoms with E-state index in [0.29, 0.717) is 35.1 Å². The van der Waals surface area contributed by atoms with Crippen molar-refractivity contribution >= 4 is 33.4 Å². The maximum atomic E-state index is 12.9. The van der Waals surface area contributed by atoms with Crippen molar-refractivity contribution in [3.63, 3.8) is 0 Å². The molecule has 6 heteroatoms. The molecular weight excluding hydrogens is 432 g/mol. The standard InChI is InChI=1S/C23H27BrN2O3/c1-16(2)10-13-29-21-9-8-18(24)15-20(21)22(27)25-19-7-5-6-17(14-19)23(28)26-11-3-4-12-26/h5-9,14-16H,3-4,10-13H2,1-2H3,(H,25,27). The number of benzene rings is 2. The first-order valence-corrected chi connectivity index (χ1v) is 10.9. The van der Waals surface area contributed by atoms with E-state index in [1.54, 1.807) is 36.4 Å². The fourth-order valence-electron chi connectivity index (χ4n) is 3.24. The van der Waals surface area contributed by atoms with Crippen molar-refractivity contribution in [1.29, 1.82) is 0 Å². The second kappa shape index (κ2) is 9.92. The molecule has 0 unspecified atom stereocenters. The van der Waals surface area contributed by atoms with Gasteiger partial charge in [-0.2, -0.15) is 0 Å². The zero-order valence-corrected chi connectivity index (χ0v) is 18.5. The largest absolute Gasteiger partial charge is 0.493 e. The molecule has 1 fully saturated rings. The summed E-state index contributed by atoms with van der Waals surface area (Å²) in [5, 5.41) is 2.90. The number of rotatable bonds is 7. The molecule has 2 aromatic carbocycles. The summed E-state index contributed by atoms with van der Waals surface area (Å²) in [5.41, 5.74) is 1.64. The summed E-state index contributed by atoms with van der Waals surface area (Å²) in [6, 6.07) is 12.5. The summed E-state index contributed by atoms with van der Waals surface area (Å²) >= 11 is 3.42. The van der Waals surface area contributed by atoms with Gasteiger partial charge in [-0.05, 0) is 61.6 Å². The van der Waals surface area contributed by atoms with E-state index >= 15 is 0 Å². The third-order valence-electron chi connectivity index (χ3n) is 4.90. The molecular formula is C23H27BrN2O3. The van der Waals surface area contributed by atoms with Crippen LogP contribution >= 0.6 is 15.9 Å². The molecule has 0 saturated carbocycles. The normalized spacial score (nSPS) is 13.6. The number of carbonyl (C=O) groups is 2. The van der Waals surface area contributed by atoms with E-state index in [1.165, 1.54) is 0 Å². The monoisotopic (exact) mass is 458 g/mol. The fourth-order valence-corrected chi connectivity index (χ4v) is 3.60. The summed E-state index contributed by atoms with van der Waals surface area (Å²) in [6.45, 7) is 6.42. The van der Waals surface area contributed by atoms with Gasteiger partial charge in [0.15, 0.2) is 0 Å². The van der Waals surface area contributed by atoms with Crippen LogP contribution in [0.5, 0.6) is 5.75 Å². The third-order valence-corrected chi connectivity index (χ3v) is 5.39. The van der Waals surface area contributed by atoms with Gasteiger partial charge < -0.3 is 15.0 Å². The van der Waals surface area contributed by atoms with Gasteiger partial charge in [0.05, 0.1) is 12.2 Å². The van der Waals surface area contributed by atoms with Crippen LogP contribution in [0.4, 0.5) is 5.69 Å². The van der Waals surface area contributed by atoms with Crippen LogP contribution in [0, 0.1) is 5.92 Å². The number of ether oxygens (including phenoxy) is 1. The van der Waals surface area contributed by atoms with Crippen molar-refractivity contribution in [1.82, 2.24) is 4.90 Å². The SMILES string of the molecule is CC(C)CCOc1ccc(Br)cc1C(=O)Nc1cccc(C(=O)N2CCCC2)c1. The second-order valence-corrected chi connectivity index (χ2v) is 8.62. The van der Waals surface area contributed by atoms with Crippen molar-refractivity contribution in [3.8, 4) is 5.75 Å². The molecule has 0 bridgehead atoms. The van der Waals surface area contributed by atoms with E-state index in [1.807, 2.05) is 11.0 Å². The maximum absolute atomic E-state index is 12.9. The predicted octanol–water partition coefficient (Wildman–Crippen LogP) is 5.36. The highest BCUT2D eigenvalue weighted by Gasteiger charge is 2.20. The zero-order chi connectivity index (χ0) is 20.8. The average molecular weight is 459 g/mol. The van der Waals surface area contributed by atoms with Crippen LogP contribution < -0.4 is 10.1 Å². The predicted molar refractivity (Wildman–Crippen MR) is 119 cm³/mol. The third kappa shape index (κ3) is 5.82. The number of hydrogen-bond acceptors (Lipinski definition) is 3. The number of nitrogens with zero attached hydrogens (tertiary/aromatic N) is 1. The molecule has 1 saturated heterocycles. The lowest BCUT2D eigenvalue weighted by atomic mass is 10.1. The van der Waals surface area contributed by atoms with Gasteiger partial charge in [0.2, 0.25) is 0 Å². The van der Waals surface area contributed by atoms with Crippen LogP contribution in [-0.2, 0) is 0 Å². The van der Waals surface area contributed by atoms with Gasteiger partial charge in [0.1, 0.15) is 5.75 Å². The topological polar surface area (TPSA) is 58.6 Å². The van der Waals surface area contributed by atoms with Gasteiger partial charge in [0.25, 0.3) is 11.8 Å². The average Bonchev–Trinajstić information content (AvgIpc) is 3.23. The molecule has 1 heterocycles. The van der Waals surface area contributed by atoms with Crippen LogP contribution in [-0.4, -0.2) is 36.4 Å². The first kappa shape index (κ1) is 21.4. The first-order valence-electron chi connectivity index (χ1n) is 10.1. The molecule has 0 spiro atoms. The van der Waals surface area contributed by atoms with Gasteiger partial charge >= 0.3 is 0 Å². The minimum atomic E-state index is -0.267. The summed E-state index contributed by atoms with van der Waals surface area (Å²) in [5.74, 6) is 0.824.